The normalized spacial score (nSPS) is 17.1. The second kappa shape index (κ2) is 7.99. The molecule has 0 aromatic heterocycles. The zero-order chi connectivity index (χ0) is 18.5. The molecule has 136 valence electrons. The lowest BCUT2D eigenvalue weighted by molar-refractivity contribution is -0.142. The van der Waals surface area contributed by atoms with Gasteiger partial charge in [0.2, 0.25) is 11.8 Å². The topological polar surface area (TPSA) is 58.6 Å². The van der Waals surface area contributed by atoms with Gasteiger partial charge >= 0.3 is 0 Å². The van der Waals surface area contributed by atoms with Gasteiger partial charge in [-0.05, 0) is 42.7 Å². The molecule has 2 amide bonds. The lowest BCUT2D eigenvalue weighted by atomic mass is 9.99. The van der Waals surface area contributed by atoms with Gasteiger partial charge in [0.05, 0.1) is 7.11 Å². The van der Waals surface area contributed by atoms with Crippen molar-refractivity contribution in [2.45, 2.75) is 31.8 Å². The highest BCUT2D eigenvalue weighted by atomic mass is 19.1. The van der Waals surface area contributed by atoms with E-state index in [-0.39, 0.29) is 24.2 Å². The largest absolute Gasteiger partial charge is 0.497 e. The molecule has 0 aliphatic carbocycles. The molecule has 2 aromatic rings. The van der Waals surface area contributed by atoms with Crippen LogP contribution >= 0.6 is 0 Å². The number of carbonyl (C=O) groups is 2. The first-order valence-electron chi connectivity index (χ1n) is 8.55. The summed E-state index contributed by atoms with van der Waals surface area (Å²) in [5.41, 5.74) is 1.41. The van der Waals surface area contributed by atoms with Crippen LogP contribution in [0.25, 0.3) is 0 Å². The van der Waals surface area contributed by atoms with E-state index in [9.17, 15) is 14.0 Å². The van der Waals surface area contributed by atoms with Crippen LogP contribution < -0.4 is 10.1 Å². The Kier molecular flexibility index (Phi) is 5.51. The van der Waals surface area contributed by atoms with Gasteiger partial charge in [-0.15, -0.1) is 0 Å². The summed E-state index contributed by atoms with van der Waals surface area (Å²) < 4.78 is 18.3. The van der Waals surface area contributed by atoms with Gasteiger partial charge in [-0.2, -0.15) is 0 Å². The van der Waals surface area contributed by atoms with Gasteiger partial charge in [-0.3, -0.25) is 9.59 Å². The zero-order valence-electron chi connectivity index (χ0n) is 14.6. The number of likely N-dealkylation sites (tertiary alicyclic amines) is 1. The van der Waals surface area contributed by atoms with Gasteiger partial charge < -0.3 is 15.0 Å². The maximum atomic E-state index is 13.1. The lowest BCUT2D eigenvalue weighted by Gasteiger charge is -2.34. The minimum absolute atomic E-state index is 0.0635. The zero-order valence-corrected chi connectivity index (χ0v) is 14.6. The van der Waals surface area contributed by atoms with Gasteiger partial charge in [-0.1, -0.05) is 18.2 Å². The molecule has 5 nitrogen and oxygen atoms in total. The Hall–Kier alpha value is -2.89. The third kappa shape index (κ3) is 4.20. The van der Waals surface area contributed by atoms with Crippen molar-refractivity contribution in [2.75, 3.05) is 12.4 Å². The molecule has 0 spiro atoms. The first-order valence-corrected chi connectivity index (χ1v) is 8.55. The highest BCUT2D eigenvalue weighted by Crippen LogP contribution is 2.23. The van der Waals surface area contributed by atoms with Crippen LogP contribution in [0.1, 0.15) is 24.8 Å². The van der Waals surface area contributed by atoms with E-state index in [2.05, 4.69) is 5.32 Å². The van der Waals surface area contributed by atoms with Gasteiger partial charge in [0.15, 0.2) is 0 Å². The van der Waals surface area contributed by atoms with Crippen LogP contribution in [0.4, 0.5) is 10.1 Å². The summed E-state index contributed by atoms with van der Waals surface area (Å²) in [6, 6.07) is 12.5. The molecular formula is C20H21FN2O3. The van der Waals surface area contributed by atoms with E-state index in [4.69, 9.17) is 4.74 Å². The molecule has 1 aliphatic heterocycles. The molecule has 1 N–H and O–H groups in total. The number of hydrogen-bond acceptors (Lipinski definition) is 3. The van der Waals surface area contributed by atoms with Crippen LogP contribution in [-0.2, 0) is 16.1 Å². The molecule has 1 aliphatic rings. The van der Waals surface area contributed by atoms with Crippen LogP contribution in [0.2, 0.25) is 0 Å². The Morgan fingerprint density at radius 3 is 2.77 bits per heavy atom. The number of benzene rings is 2. The molecule has 1 saturated heterocycles. The van der Waals surface area contributed by atoms with Gasteiger partial charge in [-0.25, -0.2) is 4.39 Å². The number of halogens is 1. The Bertz CT molecular complexity index is 792. The Morgan fingerprint density at radius 2 is 2.04 bits per heavy atom. The molecule has 1 unspecified atom stereocenters. The highest BCUT2D eigenvalue weighted by Gasteiger charge is 2.33. The van der Waals surface area contributed by atoms with E-state index in [1.165, 1.54) is 12.1 Å². The second-order valence-electron chi connectivity index (χ2n) is 6.28. The third-order valence-corrected chi connectivity index (χ3v) is 4.47. The van der Waals surface area contributed by atoms with Crippen molar-refractivity contribution in [3.05, 3.63) is 59.9 Å². The SMILES string of the molecule is COc1cccc(NC(=O)C2CCCC(=O)N2Cc2ccc(F)cc2)c1. The molecule has 2 aromatic carbocycles. The van der Waals surface area contributed by atoms with Crippen molar-refractivity contribution in [1.29, 1.82) is 0 Å². The van der Waals surface area contributed by atoms with Crippen molar-refractivity contribution < 1.29 is 18.7 Å². The average molecular weight is 356 g/mol. The Labute approximate surface area is 151 Å². The van der Waals surface area contributed by atoms with Crippen molar-refractivity contribution >= 4 is 17.5 Å². The van der Waals surface area contributed by atoms with Crippen LogP contribution in [0, 0.1) is 5.82 Å². The maximum Gasteiger partial charge on any atom is 0.247 e. The number of nitrogens with one attached hydrogen (secondary N) is 1. The number of nitrogens with zero attached hydrogens (tertiary/aromatic N) is 1. The van der Waals surface area contributed by atoms with Gasteiger partial charge in [0.1, 0.15) is 17.6 Å². The number of ether oxygens (including phenoxy) is 1. The molecule has 3 rings (SSSR count). The Balaban J connectivity index is 1.75. The highest BCUT2D eigenvalue weighted by molar-refractivity contribution is 5.97. The predicted molar refractivity (Wildman–Crippen MR) is 96.2 cm³/mol. The van der Waals surface area contributed by atoms with Crippen LogP contribution in [-0.4, -0.2) is 29.9 Å². The van der Waals surface area contributed by atoms with E-state index < -0.39 is 6.04 Å². The summed E-state index contributed by atoms with van der Waals surface area (Å²) in [5, 5.41) is 2.86. The van der Waals surface area contributed by atoms with Gasteiger partial charge in [0.25, 0.3) is 0 Å². The number of methoxy groups -OCH3 is 1. The molecule has 0 saturated carbocycles. The van der Waals surface area contributed by atoms with Crippen molar-refractivity contribution in [1.82, 2.24) is 4.90 Å². The average Bonchev–Trinajstić information content (AvgIpc) is 2.65. The van der Waals surface area contributed by atoms with E-state index in [1.807, 2.05) is 0 Å². The molecule has 1 fully saturated rings. The molecular weight excluding hydrogens is 335 g/mol. The Morgan fingerprint density at radius 1 is 1.27 bits per heavy atom. The third-order valence-electron chi connectivity index (χ3n) is 4.47. The fourth-order valence-electron chi connectivity index (χ4n) is 3.10. The first kappa shape index (κ1) is 17.9. The monoisotopic (exact) mass is 356 g/mol. The van der Waals surface area contributed by atoms with Crippen molar-refractivity contribution in [3.8, 4) is 5.75 Å². The van der Waals surface area contributed by atoms with E-state index in [0.29, 0.717) is 30.7 Å². The van der Waals surface area contributed by atoms with Crippen LogP contribution in [0.15, 0.2) is 48.5 Å². The minimum Gasteiger partial charge on any atom is -0.497 e. The summed E-state index contributed by atoms with van der Waals surface area (Å²) in [6.45, 7) is 0.287. The standard InChI is InChI=1S/C20H21FN2O3/c1-26-17-5-2-4-16(12-17)22-20(25)18-6-3-7-19(24)23(18)13-14-8-10-15(21)11-9-14/h2,4-5,8-12,18H,3,6-7,13H2,1H3,(H,22,25). The minimum atomic E-state index is -0.549. The molecule has 26 heavy (non-hydrogen) atoms. The molecule has 1 heterocycles. The molecule has 1 atom stereocenters. The summed E-state index contributed by atoms with van der Waals surface area (Å²) in [7, 11) is 1.56. The number of carbonyl (C=O) groups excluding carboxylic acids is 2. The predicted octanol–water partition coefficient (Wildman–Crippen LogP) is 3.35. The molecule has 6 heteroatoms. The smallest absolute Gasteiger partial charge is 0.247 e. The summed E-state index contributed by atoms with van der Waals surface area (Å²) in [6.07, 6.45) is 1.70. The van der Waals surface area contributed by atoms with Crippen molar-refractivity contribution in [2.24, 2.45) is 0 Å². The molecule has 0 bridgehead atoms. The quantitative estimate of drug-likeness (QED) is 0.894. The maximum absolute atomic E-state index is 13.1. The number of rotatable bonds is 5. The van der Waals surface area contributed by atoms with Crippen LogP contribution in [0.3, 0.4) is 0 Å². The number of amides is 2. The summed E-state index contributed by atoms with van der Waals surface area (Å²) >= 11 is 0. The fraction of sp³-hybridized carbons (Fsp3) is 0.300. The van der Waals surface area contributed by atoms with Crippen molar-refractivity contribution in [3.63, 3.8) is 0 Å². The van der Waals surface area contributed by atoms with Gasteiger partial charge in [0, 0.05) is 24.7 Å². The second-order valence-corrected chi connectivity index (χ2v) is 6.28. The fourth-order valence-corrected chi connectivity index (χ4v) is 3.10. The van der Waals surface area contributed by atoms with E-state index in [0.717, 1.165) is 5.56 Å². The first-order chi connectivity index (χ1) is 12.6. The van der Waals surface area contributed by atoms with E-state index >= 15 is 0 Å². The summed E-state index contributed by atoms with van der Waals surface area (Å²) in [5.74, 6) is 0.0245. The summed E-state index contributed by atoms with van der Waals surface area (Å²) in [4.78, 5) is 26.7. The van der Waals surface area contributed by atoms with Crippen LogP contribution in [0.5, 0.6) is 5.75 Å². The number of hydrogen-bond donors (Lipinski definition) is 1. The van der Waals surface area contributed by atoms with E-state index in [1.54, 1.807) is 48.4 Å². The number of anilines is 1. The number of piperidine rings is 1. The molecule has 0 radical (unpaired) electrons. The lowest BCUT2D eigenvalue weighted by Crippen LogP contribution is -2.49.